The number of rotatable bonds is 3. The second kappa shape index (κ2) is 5.09. The van der Waals surface area contributed by atoms with Gasteiger partial charge < -0.3 is 15.5 Å². The molecule has 2 rings (SSSR count). The van der Waals surface area contributed by atoms with Crippen molar-refractivity contribution in [3.05, 3.63) is 34.9 Å². The zero-order chi connectivity index (χ0) is 14.0. The first-order valence-electron chi connectivity index (χ1n) is 5.82. The van der Waals surface area contributed by atoms with Gasteiger partial charge in [0.05, 0.1) is 17.9 Å². The van der Waals surface area contributed by atoms with E-state index in [-0.39, 0.29) is 24.3 Å². The summed E-state index contributed by atoms with van der Waals surface area (Å²) in [6.07, 6.45) is -0.0167. The standard InChI is InChI=1S/C13H13NO5/c15-11(16)5-10-4-9-3-7(13(18)19)1-2-8(9)6-14-12(10)17/h1-3,10H,4-6H2,(H,14,17)(H,15,16)(H,18,19)/t10-/m1/s1. The molecule has 0 spiro atoms. The Kier molecular flexibility index (Phi) is 3.50. The fourth-order valence-electron chi connectivity index (χ4n) is 2.18. The quantitative estimate of drug-likeness (QED) is 0.742. The van der Waals surface area contributed by atoms with Crippen LogP contribution in [0.1, 0.15) is 27.9 Å². The first-order chi connectivity index (χ1) is 8.97. The molecule has 0 unspecified atom stereocenters. The predicted molar refractivity (Wildman–Crippen MR) is 64.7 cm³/mol. The van der Waals surface area contributed by atoms with Gasteiger partial charge in [0.2, 0.25) is 5.91 Å². The van der Waals surface area contributed by atoms with Crippen LogP contribution in [-0.2, 0) is 22.6 Å². The summed E-state index contributed by atoms with van der Waals surface area (Å²) in [6, 6.07) is 4.64. The van der Waals surface area contributed by atoms with Crippen molar-refractivity contribution in [1.82, 2.24) is 5.32 Å². The number of hydrogen-bond acceptors (Lipinski definition) is 3. The summed E-state index contributed by atoms with van der Waals surface area (Å²) in [6.45, 7) is 0.296. The van der Waals surface area contributed by atoms with Gasteiger partial charge in [-0.05, 0) is 29.7 Å². The molecule has 6 heteroatoms. The molecule has 1 amide bonds. The molecule has 1 heterocycles. The van der Waals surface area contributed by atoms with Gasteiger partial charge in [-0.15, -0.1) is 0 Å². The minimum atomic E-state index is -1.04. The third kappa shape index (κ3) is 2.90. The molecule has 19 heavy (non-hydrogen) atoms. The second-order valence-corrected chi connectivity index (χ2v) is 4.51. The van der Waals surface area contributed by atoms with Crippen LogP contribution >= 0.6 is 0 Å². The van der Waals surface area contributed by atoms with E-state index in [1.807, 2.05) is 0 Å². The first kappa shape index (κ1) is 13.1. The number of aromatic carboxylic acids is 1. The molecule has 100 valence electrons. The van der Waals surface area contributed by atoms with Crippen molar-refractivity contribution >= 4 is 17.8 Å². The highest BCUT2D eigenvalue weighted by Gasteiger charge is 2.26. The summed E-state index contributed by atoms with van der Waals surface area (Å²) < 4.78 is 0. The van der Waals surface area contributed by atoms with E-state index >= 15 is 0 Å². The summed E-state index contributed by atoms with van der Waals surface area (Å²) >= 11 is 0. The Morgan fingerprint density at radius 2 is 2.00 bits per heavy atom. The Hall–Kier alpha value is -2.37. The highest BCUT2D eigenvalue weighted by atomic mass is 16.4. The summed E-state index contributed by atoms with van der Waals surface area (Å²) in [5.74, 6) is -3.06. The van der Waals surface area contributed by atoms with Crippen molar-refractivity contribution < 1.29 is 24.6 Å². The van der Waals surface area contributed by atoms with Crippen LogP contribution in [0.4, 0.5) is 0 Å². The number of aliphatic carboxylic acids is 1. The zero-order valence-electron chi connectivity index (χ0n) is 10.0. The van der Waals surface area contributed by atoms with Gasteiger partial charge in [-0.1, -0.05) is 6.07 Å². The fraction of sp³-hybridized carbons (Fsp3) is 0.308. The Bertz CT molecular complexity index is 552. The number of fused-ring (bicyclic) bond motifs is 1. The number of carboxylic acids is 2. The van der Waals surface area contributed by atoms with Crippen LogP contribution in [-0.4, -0.2) is 28.1 Å². The third-order valence-corrected chi connectivity index (χ3v) is 3.16. The summed E-state index contributed by atoms with van der Waals surface area (Å²) in [7, 11) is 0. The maximum Gasteiger partial charge on any atom is 0.335 e. The van der Waals surface area contributed by atoms with Crippen LogP contribution in [0.3, 0.4) is 0 Å². The van der Waals surface area contributed by atoms with E-state index in [1.54, 1.807) is 6.07 Å². The Morgan fingerprint density at radius 1 is 1.26 bits per heavy atom. The lowest BCUT2D eigenvalue weighted by molar-refractivity contribution is -0.141. The van der Waals surface area contributed by atoms with E-state index in [4.69, 9.17) is 10.2 Å². The molecule has 0 radical (unpaired) electrons. The lowest BCUT2D eigenvalue weighted by Crippen LogP contribution is -2.30. The monoisotopic (exact) mass is 263 g/mol. The van der Waals surface area contributed by atoms with Crippen LogP contribution in [0.5, 0.6) is 0 Å². The molecule has 1 aromatic carbocycles. The molecule has 3 N–H and O–H groups in total. The number of nitrogens with one attached hydrogen (secondary N) is 1. The minimum absolute atomic E-state index is 0.141. The van der Waals surface area contributed by atoms with Crippen molar-refractivity contribution in [2.45, 2.75) is 19.4 Å². The summed E-state index contributed by atoms with van der Waals surface area (Å²) in [5, 5.41) is 20.4. The average molecular weight is 263 g/mol. The second-order valence-electron chi connectivity index (χ2n) is 4.51. The number of carboxylic acid groups (broad SMARTS) is 2. The summed E-state index contributed by atoms with van der Waals surface area (Å²) in [4.78, 5) is 33.4. The lowest BCUT2D eigenvalue weighted by Gasteiger charge is -2.10. The maximum atomic E-state index is 11.7. The van der Waals surface area contributed by atoms with E-state index in [9.17, 15) is 14.4 Å². The topological polar surface area (TPSA) is 104 Å². The normalized spacial score (nSPS) is 18.1. The molecule has 1 aliphatic heterocycles. The Morgan fingerprint density at radius 3 is 2.63 bits per heavy atom. The van der Waals surface area contributed by atoms with Gasteiger partial charge in [-0.25, -0.2) is 4.79 Å². The molecular formula is C13H13NO5. The molecule has 1 aromatic rings. The van der Waals surface area contributed by atoms with Crippen molar-refractivity contribution in [2.75, 3.05) is 0 Å². The van der Waals surface area contributed by atoms with Gasteiger partial charge in [0, 0.05) is 6.54 Å². The number of benzene rings is 1. The summed E-state index contributed by atoms with van der Waals surface area (Å²) in [5.41, 5.74) is 1.68. The smallest absolute Gasteiger partial charge is 0.335 e. The van der Waals surface area contributed by atoms with Crippen molar-refractivity contribution in [3.63, 3.8) is 0 Å². The highest BCUT2D eigenvalue weighted by molar-refractivity contribution is 5.88. The van der Waals surface area contributed by atoms with E-state index < -0.39 is 17.9 Å². The molecule has 0 fully saturated rings. The van der Waals surface area contributed by atoms with Crippen LogP contribution in [0.15, 0.2) is 18.2 Å². The lowest BCUT2D eigenvalue weighted by atomic mass is 9.93. The molecule has 0 saturated carbocycles. The van der Waals surface area contributed by atoms with E-state index in [0.717, 1.165) is 5.56 Å². The number of carbonyl (C=O) groups is 3. The highest BCUT2D eigenvalue weighted by Crippen LogP contribution is 2.22. The maximum absolute atomic E-state index is 11.7. The average Bonchev–Trinajstić information content (AvgIpc) is 2.48. The zero-order valence-corrected chi connectivity index (χ0v) is 10.0. The van der Waals surface area contributed by atoms with Gasteiger partial charge in [0.15, 0.2) is 0 Å². The van der Waals surface area contributed by atoms with E-state index in [2.05, 4.69) is 5.32 Å². The molecule has 6 nitrogen and oxygen atoms in total. The third-order valence-electron chi connectivity index (χ3n) is 3.16. The van der Waals surface area contributed by atoms with E-state index in [1.165, 1.54) is 12.1 Å². The minimum Gasteiger partial charge on any atom is -0.481 e. The number of hydrogen-bond donors (Lipinski definition) is 3. The SMILES string of the molecule is O=C(O)C[C@H]1Cc2cc(C(=O)O)ccc2CNC1=O. The Labute approximate surface area is 109 Å². The molecule has 0 bridgehead atoms. The largest absolute Gasteiger partial charge is 0.481 e. The molecule has 0 aromatic heterocycles. The van der Waals surface area contributed by atoms with Gasteiger partial charge in [0.1, 0.15) is 0 Å². The molecule has 0 saturated heterocycles. The number of carbonyl (C=O) groups excluding carboxylic acids is 1. The van der Waals surface area contributed by atoms with Crippen LogP contribution < -0.4 is 5.32 Å². The van der Waals surface area contributed by atoms with Gasteiger partial charge in [0.25, 0.3) is 0 Å². The first-order valence-corrected chi connectivity index (χ1v) is 5.82. The molecule has 1 aliphatic rings. The predicted octanol–water partition coefficient (Wildman–Crippen LogP) is 0.648. The van der Waals surface area contributed by atoms with Gasteiger partial charge in [-0.2, -0.15) is 0 Å². The van der Waals surface area contributed by atoms with E-state index in [0.29, 0.717) is 12.1 Å². The fourth-order valence-corrected chi connectivity index (χ4v) is 2.18. The van der Waals surface area contributed by atoms with Crippen molar-refractivity contribution in [1.29, 1.82) is 0 Å². The molecular weight excluding hydrogens is 250 g/mol. The van der Waals surface area contributed by atoms with Crippen LogP contribution in [0.25, 0.3) is 0 Å². The van der Waals surface area contributed by atoms with Crippen LogP contribution in [0.2, 0.25) is 0 Å². The molecule has 0 aliphatic carbocycles. The van der Waals surface area contributed by atoms with Gasteiger partial charge in [-0.3, -0.25) is 9.59 Å². The van der Waals surface area contributed by atoms with Crippen molar-refractivity contribution in [2.24, 2.45) is 5.92 Å². The van der Waals surface area contributed by atoms with Gasteiger partial charge >= 0.3 is 11.9 Å². The van der Waals surface area contributed by atoms with Crippen molar-refractivity contribution in [3.8, 4) is 0 Å². The van der Waals surface area contributed by atoms with Crippen LogP contribution in [0, 0.1) is 5.92 Å². The number of amides is 1. The molecule has 1 atom stereocenters. The Balaban J connectivity index is 2.32.